The molecule has 0 aromatic heterocycles. The van der Waals surface area contributed by atoms with E-state index in [0.717, 1.165) is 19.8 Å². The first-order valence-corrected chi connectivity index (χ1v) is 2.77. The van der Waals surface area contributed by atoms with Crippen molar-refractivity contribution in [2.24, 2.45) is 0 Å². The lowest BCUT2D eigenvalue weighted by molar-refractivity contribution is 0.0883. The first kappa shape index (κ1) is 5.79. The second kappa shape index (κ2) is 2.84. The Morgan fingerprint density at radius 1 is 1.75 bits per heavy atom. The zero-order chi connectivity index (χ0) is 5.82. The topological polar surface area (TPSA) is 21.3 Å². The molecule has 0 aromatic rings. The van der Waals surface area contributed by atoms with Gasteiger partial charge in [-0.15, -0.1) is 0 Å². The Balaban J connectivity index is 2.22. The van der Waals surface area contributed by atoms with Crippen molar-refractivity contribution >= 4 is 0 Å². The van der Waals surface area contributed by atoms with Crippen LogP contribution in [0.3, 0.4) is 0 Å². The fourth-order valence-electron chi connectivity index (χ4n) is 0.697. The van der Waals surface area contributed by atoms with Gasteiger partial charge in [-0.2, -0.15) is 0 Å². The minimum absolute atomic E-state index is 0.253. The Morgan fingerprint density at radius 3 is 3.00 bits per heavy atom. The molecule has 1 radical (unpaired) electrons. The number of hydrogen-bond donors (Lipinski definition) is 1. The number of ether oxygens (including phenoxy) is 1. The van der Waals surface area contributed by atoms with Crippen molar-refractivity contribution in [3.05, 3.63) is 12.7 Å². The van der Waals surface area contributed by atoms with Gasteiger partial charge < -0.3 is 10.1 Å². The van der Waals surface area contributed by atoms with E-state index >= 15 is 0 Å². The molecule has 0 aromatic carbocycles. The molecule has 1 saturated heterocycles. The van der Waals surface area contributed by atoms with Gasteiger partial charge in [-0.1, -0.05) is 6.58 Å². The third-order valence-electron chi connectivity index (χ3n) is 1.17. The average Bonchev–Trinajstić information content (AvgIpc) is 1.90. The first-order chi connectivity index (χ1) is 3.93. The molecule has 1 heterocycles. The van der Waals surface area contributed by atoms with Crippen molar-refractivity contribution in [1.82, 2.24) is 5.32 Å². The fourth-order valence-corrected chi connectivity index (χ4v) is 0.697. The summed E-state index contributed by atoms with van der Waals surface area (Å²) in [4.78, 5) is 0. The summed E-state index contributed by atoms with van der Waals surface area (Å²) >= 11 is 0. The van der Waals surface area contributed by atoms with Gasteiger partial charge in [-0.25, -0.2) is 0 Å². The maximum atomic E-state index is 5.11. The van der Waals surface area contributed by atoms with Crippen LogP contribution in [0.15, 0.2) is 6.58 Å². The van der Waals surface area contributed by atoms with Gasteiger partial charge in [0.15, 0.2) is 0 Å². The molecule has 0 bridgehead atoms. The van der Waals surface area contributed by atoms with Gasteiger partial charge in [0.1, 0.15) is 0 Å². The summed E-state index contributed by atoms with van der Waals surface area (Å²) in [6, 6.07) is 0.253. The summed E-state index contributed by atoms with van der Waals surface area (Å²) in [5.41, 5.74) is 0. The van der Waals surface area contributed by atoms with Crippen LogP contribution in [-0.2, 0) is 4.74 Å². The van der Waals surface area contributed by atoms with Crippen LogP contribution in [0.2, 0.25) is 0 Å². The van der Waals surface area contributed by atoms with Gasteiger partial charge in [-0.05, 0) is 6.08 Å². The number of rotatable bonds is 1. The molecule has 2 heteroatoms. The van der Waals surface area contributed by atoms with Gasteiger partial charge in [0.2, 0.25) is 0 Å². The van der Waals surface area contributed by atoms with Crippen molar-refractivity contribution < 1.29 is 4.74 Å². The van der Waals surface area contributed by atoms with Crippen LogP contribution in [0, 0.1) is 6.08 Å². The minimum Gasteiger partial charge on any atom is -0.378 e. The number of morpholine rings is 1. The van der Waals surface area contributed by atoms with Crippen molar-refractivity contribution in [3.63, 3.8) is 0 Å². The van der Waals surface area contributed by atoms with E-state index in [4.69, 9.17) is 4.74 Å². The standard InChI is InChI=1S/C6H10NO/c1-2-6-5-8-4-3-7-6/h6-7H,1,3-5H2. The number of nitrogens with one attached hydrogen (secondary N) is 1. The Morgan fingerprint density at radius 2 is 2.62 bits per heavy atom. The van der Waals surface area contributed by atoms with E-state index < -0.39 is 0 Å². The molecule has 45 valence electrons. The van der Waals surface area contributed by atoms with Crippen molar-refractivity contribution in [2.45, 2.75) is 6.04 Å². The second-order valence-electron chi connectivity index (χ2n) is 1.79. The van der Waals surface area contributed by atoms with Gasteiger partial charge in [0, 0.05) is 6.54 Å². The van der Waals surface area contributed by atoms with Crippen LogP contribution in [0.5, 0.6) is 0 Å². The van der Waals surface area contributed by atoms with E-state index in [2.05, 4.69) is 18.0 Å². The SMILES string of the molecule is C=[C]C1COCCN1. The Kier molecular flexibility index (Phi) is 2.06. The highest BCUT2D eigenvalue weighted by molar-refractivity contribution is 4.79. The lowest BCUT2D eigenvalue weighted by Gasteiger charge is -2.19. The normalized spacial score (nSPS) is 29.8. The Hall–Kier alpha value is -0.340. The van der Waals surface area contributed by atoms with Crippen LogP contribution in [0.4, 0.5) is 0 Å². The first-order valence-electron chi connectivity index (χ1n) is 2.77. The molecule has 0 aliphatic carbocycles. The summed E-state index contributed by atoms with van der Waals surface area (Å²) < 4.78 is 5.11. The average molecular weight is 112 g/mol. The Labute approximate surface area is 49.5 Å². The van der Waals surface area contributed by atoms with E-state index in [9.17, 15) is 0 Å². The lowest BCUT2D eigenvalue weighted by Crippen LogP contribution is -2.39. The minimum atomic E-state index is 0.253. The highest BCUT2D eigenvalue weighted by Gasteiger charge is 2.07. The zero-order valence-electron chi connectivity index (χ0n) is 4.81. The van der Waals surface area contributed by atoms with E-state index in [-0.39, 0.29) is 6.04 Å². The molecule has 2 nitrogen and oxygen atoms in total. The zero-order valence-corrected chi connectivity index (χ0v) is 4.81. The third-order valence-corrected chi connectivity index (χ3v) is 1.17. The molecular formula is C6H10NO. The van der Waals surface area contributed by atoms with Crippen molar-refractivity contribution in [3.8, 4) is 0 Å². The van der Waals surface area contributed by atoms with Crippen LogP contribution >= 0.6 is 0 Å². The van der Waals surface area contributed by atoms with Crippen LogP contribution < -0.4 is 5.32 Å². The highest BCUT2D eigenvalue weighted by Crippen LogP contribution is 1.90. The predicted molar refractivity (Wildman–Crippen MR) is 31.5 cm³/mol. The van der Waals surface area contributed by atoms with Gasteiger partial charge in [0.05, 0.1) is 19.3 Å². The summed E-state index contributed by atoms with van der Waals surface area (Å²) in [5, 5.41) is 3.17. The van der Waals surface area contributed by atoms with E-state index in [1.807, 2.05) is 0 Å². The molecule has 1 rings (SSSR count). The largest absolute Gasteiger partial charge is 0.378 e. The van der Waals surface area contributed by atoms with Crippen molar-refractivity contribution in [1.29, 1.82) is 0 Å². The third kappa shape index (κ3) is 1.32. The van der Waals surface area contributed by atoms with Gasteiger partial charge in [-0.3, -0.25) is 0 Å². The highest BCUT2D eigenvalue weighted by atomic mass is 16.5. The quantitative estimate of drug-likeness (QED) is 0.514. The molecule has 1 aliphatic heterocycles. The maximum absolute atomic E-state index is 5.11. The van der Waals surface area contributed by atoms with Crippen molar-refractivity contribution in [2.75, 3.05) is 19.8 Å². The van der Waals surface area contributed by atoms with E-state index in [1.54, 1.807) is 0 Å². The molecule has 0 spiro atoms. The maximum Gasteiger partial charge on any atom is 0.0662 e. The Bertz CT molecular complexity index is 76.6. The second-order valence-corrected chi connectivity index (χ2v) is 1.79. The molecule has 0 saturated carbocycles. The molecular weight excluding hydrogens is 102 g/mol. The van der Waals surface area contributed by atoms with E-state index in [0.29, 0.717) is 0 Å². The van der Waals surface area contributed by atoms with Gasteiger partial charge >= 0.3 is 0 Å². The summed E-state index contributed by atoms with van der Waals surface area (Å²) in [6.45, 7) is 5.98. The molecule has 1 aliphatic rings. The summed E-state index contributed by atoms with van der Waals surface area (Å²) in [7, 11) is 0. The molecule has 1 fully saturated rings. The summed E-state index contributed by atoms with van der Waals surface area (Å²) in [6.07, 6.45) is 2.82. The number of hydrogen-bond acceptors (Lipinski definition) is 2. The summed E-state index contributed by atoms with van der Waals surface area (Å²) in [5.74, 6) is 0. The predicted octanol–water partition coefficient (Wildman–Crippen LogP) is -0.0360. The lowest BCUT2D eigenvalue weighted by atomic mass is 10.3. The fraction of sp³-hybridized carbons (Fsp3) is 0.667. The van der Waals surface area contributed by atoms with E-state index in [1.165, 1.54) is 0 Å². The molecule has 1 atom stereocenters. The molecule has 1 unspecified atom stereocenters. The van der Waals surface area contributed by atoms with Gasteiger partial charge in [0.25, 0.3) is 0 Å². The smallest absolute Gasteiger partial charge is 0.0662 e. The molecule has 8 heavy (non-hydrogen) atoms. The monoisotopic (exact) mass is 112 g/mol. The van der Waals surface area contributed by atoms with Crippen LogP contribution in [0.25, 0.3) is 0 Å². The van der Waals surface area contributed by atoms with Crippen LogP contribution in [-0.4, -0.2) is 25.8 Å². The molecule has 0 amide bonds. The molecule has 1 N–H and O–H groups in total. The van der Waals surface area contributed by atoms with Crippen LogP contribution in [0.1, 0.15) is 0 Å².